The van der Waals surface area contributed by atoms with Crippen LogP contribution in [-0.2, 0) is 10.0 Å². The summed E-state index contributed by atoms with van der Waals surface area (Å²) in [5, 5.41) is 3.45. The number of fused-ring (bicyclic) bond motifs is 1. The average Bonchev–Trinajstić information content (AvgIpc) is 3.23. The zero-order chi connectivity index (χ0) is 27.0. The first-order chi connectivity index (χ1) is 18.2. The number of sulfonamides is 1. The number of methoxy groups -OCH3 is 2. The van der Waals surface area contributed by atoms with E-state index in [4.69, 9.17) is 9.47 Å². The Morgan fingerprint density at radius 1 is 0.921 bits per heavy atom. The Bertz CT molecular complexity index is 1830. The van der Waals surface area contributed by atoms with Crippen LogP contribution in [0.25, 0.3) is 27.7 Å². The molecule has 194 valence electrons. The van der Waals surface area contributed by atoms with Crippen LogP contribution in [-0.4, -0.2) is 37.4 Å². The first-order valence-electron chi connectivity index (χ1n) is 11.1. The van der Waals surface area contributed by atoms with Crippen LogP contribution >= 0.6 is 0 Å². The number of nitrogens with one attached hydrogen (secondary N) is 2. The number of nitrogens with zero attached hydrogens (tertiary/aromatic N) is 2. The summed E-state index contributed by atoms with van der Waals surface area (Å²) >= 11 is 0. The van der Waals surface area contributed by atoms with E-state index in [-0.39, 0.29) is 17.1 Å². The Kier molecular flexibility index (Phi) is 6.33. The molecule has 0 bridgehead atoms. The molecule has 0 saturated carbocycles. The summed E-state index contributed by atoms with van der Waals surface area (Å²) in [5.74, 6) is -1.56. The molecule has 9 nitrogen and oxygen atoms in total. The zero-order valence-corrected chi connectivity index (χ0v) is 20.8. The highest BCUT2D eigenvalue weighted by Crippen LogP contribution is 2.31. The van der Waals surface area contributed by atoms with Gasteiger partial charge in [-0.3, -0.25) is 14.6 Å². The van der Waals surface area contributed by atoms with Gasteiger partial charge in [-0.15, -0.1) is 0 Å². The van der Waals surface area contributed by atoms with E-state index < -0.39 is 26.6 Å². The van der Waals surface area contributed by atoms with E-state index >= 15 is 0 Å². The van der Waals surface area contributed by atoms with Crippen molar-refractivity contribution in [2.75, 3.05) is 18.9 Å². The molecule has 0 fully saturated rings. The lowest BCUT2D eigenvalue weighted by Gasteiger charge is -2.13. The smallest absolute Gasteiger partial charge is 0.279 e. The first-order valence-corrected chi connectivity index (χ1v) is 12.6. The highest BCUT2D eigenvalue weighted by molar-refractivity contribution is 7.92. The number of halogens is 2. The molecule has 0 unspecified atom stereocenters. The number of H-pyrrole nitrogens is 1. The van der Waals surface area contributed by atoms with Gasteiger partial charge in [0, 0.05) is 17.8 Å². The molecule has 38 heavy (non-hydrogen) atoms. The third kappa shape index (κ3) is 4.57. The van der Waals surface area contributed by atoms with Crippen LogP contribution in [0.15, 0.2) is 82.6 Å². The van der Waals surface area contributed by atoms with Crippen molar-refractivity contribution >= 4 is 26.6 Å². The number of benzene rings is 3. The largest absolute Gasteiger partial charge is 0.497 e. The SMILES string of the molecule is COc1ccc(-n2[nH]c3ccc(-c4cnc(OC)c(NS(=O)(=O)c5ccc(F)cc5F)c4)cc3c2=O)cc1. The monoisotopic (exact) mass is 538 g/mol. The second kappa shape index (κ2) is 9.63. The van der Waals surface area contributed by atoms with Crippen LogP contribution in [0.1, 0.15) is 0 Å². The second-order valence-electron chi connectivity index (χ2n) is 8.17. The summed E-state index contributed by atoms with van der Waals surface area (Å²) in [5.41, 5.74) is 1.87. The van der Waals surface area contributed by atoms with Gasteiger partial charge in [0.25, 0.3) is 15.6 Å². The third-order valence-electron chi connectivity index (χ3n) is 5.82. The predicted octanol–water partition coefficient (Wildman–Crippen LogP) is 4.48. The van der Waals surface area contributed by atoms with Gasteiger partial charge >= 0.3 is 0 Å². The highest BCUT2D eigenvalue weighted by atomic mass is 32.2. The molecule has 0 amide bonds. The van der Waals surface area contributed by atoms with Gasteiger partial charge in [0.1, 0.15) is 28.0 Å². The van der Waals surface area contributed by atoms with E-state index in [0.717, 1.165) is 12.1 Å². The standard InChI is InChI=1S/C26H20F2N4O5S/c1-36-19-7-5-18(6-8-19)32-26(33)20-11-15(3-9-22(20)30-32)16-12-23(25(37-2)29-14-16)31-38(34,35)24-10-4-17(27)13-21(24)28/h3-14,30-31H,1-2H3. The molecule has 0 spiro atoms. The molecule has 5 aromatic rings. The minimum atomic E-state index is -4.45. The number of hydrogen-bond donors (Lipinski definition) is 2. The van der Waals surface area contributed by atoms with Crippen molar-refractivity contribution < 1.29 is 26.7 Å². The molecule has 5 rings (SSSR count). The summed E-state index contributed by atoms with van der Waals surface area (Å²) in [6.07, 6.45) is 1.45. The number of pyridine rings is 1. The number of aromatic nitrogens is 3. The summed E-state index contributed by atoms with van der Waals surface area (Å²) < 4.78 is 67.1. The summed E-state index contributed by atoms with van der Waals surface area (Å²) in [4.78, 5) is 16.6. The maximum Gasteiger partial charge on any atom is 0.279 e. The molecule has 3 aromatic carbocycles. The van der Waals surface area contributed by atoms with Gasteiger partial charge < -0.3 is 9.47 Å². The molecule has 0 aliphatic carbocycles. The molecule has 2 N–H and O–H groups in total. The fraction of sp³-hybridized carbons (Fsp3) is 0.0769. The van der Waals surface area contributed by atoms with Crippen LogP contribution in [0.2, 0.25) is 0 Å². The van der Waals surface area contributed by atoms with Crippen molar-refractivity contribution in [3.8, 4) is 28.4 Å². The lowest BCUT2D eigenvalue weighted by atomic mass is 10.1. The number of hydrogen-bond acceptors (Lipinski definition) is 6. The Hall–Kier alpha value is -4.71. The summed E-state index contributed by atoms with van der Waals surface area (Å²) in [7, 11) is -1.59. The minimum Gasteiger partial charge on any atom is -0.497 e. The first kappa shape index (κ1) is 25.0. The van der Waals surface area contributed by atoms with Crippen LogP contribution in [0.3, 0.4) is 0 Å². The Balaban J connectivity index is 1.53. The molecule has 2 heterocycles. The Labute approximate surface area is 215 Å². The van der Waals surface area contributed by atoms with Crippen molar-refractivity contribution in [3.05, 3.63) is 94.9 Å². The van der Waals surface area contributed by atoms with E-state index in [1.165, 1.54) is 24.1 Å². The molecule has 2 aromatic heterocycles. The van der Waals surface area contributed by atoms with Gasteiger partial charge in [-0.1, -0.05) is 6.07 Å². The van der Waals surface area contributed by atoms with E-state index in [2.05, 4.69) is 14.8 Å². The van der Waals surface area contributed by atoms with Crippen molar-refractivity contribution in [1.82, 2.24) is 14.8 Å². The normalized spacial score (nSPS) is 11.5. The van der Waals surface area contributed by atoms with Crippen molar-refractivity contribution in [2.24, 2.45) is 0 Å². The van der Waals surface area contributed by atoms with Crippen LogP contribution < -0.4 is 19.8 Å². The number of aromatic amines is 1. The predicted molar refractivity (Wildman–Crippen MR) is 137 cm³/mol. The fourth-order valence-corrected chi connectivity index (χ4v) is 5.05. The number of anilines is 1. The number of rotatable bonds is 7. The zero-order valence-electron chi connectivity index (χ0n) is 20.0. The van der Waals surface area contributed by atoms with E-state index in [1.807, 2.05) is 0 Å². The molecule has 0 saturated heterocycles. The highest BCUT2D eigenvalue weighted by Gasteiger charge is 2.22. The second-order valence-corrected chi connectivity index (χ2v) is 9.82. The van der Waals surface area contributed by atoms with E-state index in [0.29, 0.717) is 39.5 Å². The maximum absolute atomic E-state index is 14.2. The van der Waals surface area contributed by atoms with Crippen molar-refractivity contribution in [2.45, 2.75) is 4.90 Å². The van der Waals surface area contributed by atoms with Gasteiger partial charge in [0.15, 0.2) is 0 Å². The molecule has 0 radical (unpaired) electrons. The lowest BCUT2D eigenvalue weighted by Crippen LogP contribution is -2.16. The summed E-state index contributed by atoms with van der Waals surface area (Å²) in [6, 6.07) is 15.6. The van der Waals surface area contributed by atoms with Crippen LogP contribution in [0.5, 0.6) is 11.6 Å². The van der Waals surface area contributed by atoms with Crippen molar-refractivity contribution in [3.63, 3.8) is 0 Å². The molecule has 12 heteroatoms. The molecular weight excluding hydrogens is 518 g/mol. The maximum atomic E-state index is 14.2. The van der Waals surface area contributed by atoms with E-state index in [9.17, 15) is 22.0 Å². The van der Waals surface area contributed by atoms with Gasteiger partial charge in [-0.05, 0) is 60.2 Å². The topological polar surface area (TPSA) is 115 Å². The molecule has 0 aliphatic heterocycles. The lowest BCUT2D eigenvalue weighted by molar-refractivity contribution is 0.400. The van der Waals surface area contributed by atoms with Crippen LogP contribution in [0.4, 0.5) is 14.5 Å². The van der Waals surface area contributed by atoms with Gasteiger partial charge in [0.05, 0.1) is 30.8 Å². The summed E-state index contributed by atoms with van der Waals surface area (Å²) in [6.45, 7) is 0. The average molecular weight is 539 g/mol. The van der Waals surface area contributed by atoms with Gasteiger partial charge in [-0.25, -0.2) is 26.9 Å². The quantitative estimate of drug-likeness (QED) is 0.316. The molecular formula is C26H20F2N4O5S. The van der Waals surface area contributed by atoms with Gasteiger partial charge in [-0.2, -0.15) is 0 Å². The van der Waals surface area contributed by atoms with E-state index in [1.54, 1.807) is 49.6 Å². The molecule has 0 atom stereocenters. The fourth-order valence-electron chi connectivity index (χ4n) is 3.94. The number of ether oxygens (including phenoxy) is 2. The van der Waals surface area contributed by atoms with Gasteiger partial charge in [0.2, 0.25) is 5.88 Å². The Morgan fingerprint density at radius 3 is 2.37 bits per heavy atom. The minimum absolute atomic E-state index is 0.0653. The van der Waals surface area contributed by atoms with Crippen LogP contribution in [0, 0.1) is 11.6 Å². The Morgan fingerprint density at radius 2 is 1.68 bits per heavy atom. The van der Waals surface area contributed by atoms with Crippen molar-refractivity contribution in [1.29, 1.82) is 0 Å². The third-order valence-corrected chi connectivity index (χ3v) is 7.22. The molecule has 0 aliphatic rings.